The zero-order chi connectivity index (χ0) is 31.1. The summed E-state index contributed by atoms with van der Waals surface area (Å²) in [6.45, 7) is 19.3. The van der Waals surface area contributed by atoms with Crippen LogP contribution < -0.4 is 10.6 Å². The van der Waals surface area contributed by atoms with Crippen molar-refractivity contribution in [2.75, 3.05) is 11.1 Å². The second-order valence-electron chi connectivity index (χ2n) is 12.4. The number of anilines is 1. The Kier molecular flexibility index (Phi) is 12.3. The molecule has 2 rings (SSSR count). The van der Waals surface area contributed by atoms with Gasteiger partial charge in [-0.15, -0.1) is 0 Å². The van der Waals surface area contributed by atoms with Crippen LogP contribution in [-0.2, 0) is 14.3 Å². The van der Waals surface area contributed by atoms with Crippen molar-refractivity contribution in [3.05, 3.63) is 64.2 Å². The standard InChI is InChI=1S/C33H49N3O4S/c1-20(2)17-18-25(7)36(31(38)26(19-41)34-32(39)40-33(8,9)10)29(27-21(3)13-11-14-22(27)4)30(37)35-28-23(5)15-12-16-24(28)6/h11-16,20,25-26,29,41H,17-19H2,1-10H3,(H,34,39)(H,35,37). The SMILES string of the molecule is Cc1cccc(C)c1NC(=O)C(c1c(C)cccc1C)N(C(=O)C(CS)NC(=O)OC(C)(C)C)C(C)CCC(C)C. The van der Waals surface area contributed by atoms with Crippen molar-refractivity contribution in [3.63, 3.8) is 0 Å². The fourth-order valence-corrected chi connectivity index (χ4v) is 5.23. The van der Waals surface area contributed by atoms with E-state index in [1.165, 1.54) is 0 Å². The number of amides is 3. The van der Waals surface area contributed by atoms with Crippen LogP contribution in [0.25, 0.3) is 0 Å². The maximum Gasteiger partial charge on any atom is 0.408 e. The van der Waals surface area contributed by atoms with Crippen LogP contribution in [0.2, 0.25) is 0 Å². The number of ether oxygens (including phenoxy) is 1. The summed E-state index contributed by atoms with van der Waals surface area (Å²) in [5.41, 5.74) is 4.45. The van der Waals surface area contributed by atoms with E-state index in [0.29, 0.717) is 12.3 Å². The van der Waals surface area contributed by atoms with Crippen molar-refractivity contribution < 1.29 is 19.1 Å². The topological polar surface area (TPSA) is 87.7 Å². The fraction of sp³-hybridized carbons (Fsp3) is 0.545. The van der Waals surface area contributed by atoms with E-state index < -0.39 is 23.8 Å². The molecular formula is C33H49N3O4S. The van der Waals surface area contributed by atoms with Crippen LogP contribution in [0.4, 0.5) is 10.5 Å². The molecule has 3 atom stereocenters. The van der Waals surface area contributed by atoms with Crippen LogP contribution in [0.15, 0.2) is 36.4 Å². The molecule has 0 fully saturated rings. The summed E-state index contributed by atoms with van der Waals surface area (Å²) < 4.78 is 5.44. The lowest BCUT2D eigenvalue weighted by Gasteiger charge is -2.39. The van der Waals surface area contributed by atoms with Gasteiger partial charge in [-0.3, -0.25) is 9.59 Å². The van der Waals surface area contributed by atoms with E-state index in [-0.39, 0.29) is 23.6 Å². The Balaban J connectivity index is 2.69. The summed E-state index contributed by atoms with van der Waals surface area (Å²) in [6.07, 6.45) is 0.851. The summed E-state index contributed by atoms with van der Waals surface area (Å²) in [5.74, 6) is -0.230. The number of nitrogens with one attached hydrogen (secondary N) is 2. The smallest absolute Gasteiger partial charge is 0.408 e. The molecule has 0 radical (unpaired) electrons. The van der Waals surface area contributed by atoms with E-state index in [2.05, 4.69) is 37.1 Å². The lowest BCUT2D eigenvalue weighted by atomic mass is 9.91. The molecule has 0 bridgehead atoms. The van der Waals surface area contributed by atoms with Crippen molar-refractivity contribution in [1.82, 2.24) is 10.2 Å². The molecule has 41 heavy (non-hydrogen) atoms. The summed E-state index contributed by atoms with van der Waals surface area (Å²) >= 11 is 4.43. The molecule has 2 aromatic rings. The molecule has 0 aliphatic rings. The quantitative estimate of drug-likeness (QED) is 0.247. The number of nitrogens with zero attached hydrogens (tertiary/aromatic N) is 1. The fourth-order valence-electron chi connectivity index (χ4n) is 4.99. The molecule has 0 saturated carbocycles. The maximum absolute atomic E-state index is 14.4. The van der Waals surface area contributed by atoms with Crippen molar-refractivity contribution in [1.29, 1.82) is 0 Å². The second-order valence-corrected chi connectivity index (χ2v) is 12.8. The van der Waals surface area contributed by atoms with Gasteiger partial charge in [0.2, 0.25) is 5.91 Å². The predicted molar refractivity (Wildman–Crippen MR) is 171 cm³/mol. The Labute approximate surface area is 252 Å². The number of carbonyl (C=O) groups is 3. The Morgan fingerprint density at radius 2 is 1.39 bits per heavy atom. The van der Waals surface area contributed by atoms with E-state index in [1.807, 2.05) is 71.0 Å². The average Bonchev–Trinajstić information content (AvgIpc) is 2.86. The van der Waals surface area contributed by atoms with Crippen molar-refractivity contribution in [3.8, 4) is 0 Å². The van der Waals surface area contributed by atoms with Gasteiger partial charge in [0.25, 0.3) is 5.91 Å². The predicted octanol–water partition coefficient (Wildman–Crippen LogP) is 7.08. The lowest BCUT2D eigenvalue weighted by Crippen LogP contribution is -2.56. The van der Waals surface area contributed by atoms with E-state index in [0.717, 1.165) is 39.9 Å². The number of thiol groups is 1. The molecule has 3 amide bonds. The van der Waals surface area contributed by atoms with Crippen LogP contribution in [0, 0.1) is 33.6 Å². The van der Waals surface area contributed by atoms with Crippen LogP contribution in [-0.4, -0.2) is 46.2 Å². The van der Waals surface area contributed by atoms with Crippen molar-refractivity contribution in [2.45, 2.75) is 106 Å². The molecule has 0 aromatic heterocycles. The number of hydrogen-bond acceptors (Lipinski definition) is 5. The van der Waals surface area contributed by atoms with Gasteiger partial charge < -0.3 is 20.3 Å². The molecular weight excluding hydrogens is 534 g/mol. The molecule has 0 saturated heterocycles. The Hall–Kier alpha value is -3.00. The van der Waals surface area contributed by atoms with E-state index in [4.69, 9.17) is 4.74 Å². The lowest BCUT2D eigenvalue weighted by molar-refractivity contribution is -0.143. The highest BCUT2D eigenvalue weighted by molar-refractivity contribution is 7.80. The van der Waals surface area contributed by atoms with Gasteiger partial charge in [0.05, 0.1) is 0 Å². The van der Waals surface area contributed by atoms with Crippen molar-refractivity contribution >= 4 is 36.2 Å². The molecule has 0 aliphatic heterocycles. The largest absolute Gasteiger partial charge is 0.444 e. The van der Waals surface area contributed by atoms with Crippen LogP contribution in [0.3, 0.4) is 0 Å². The van der Waals surface area contributed by atoms with Gasteiger partial charge in [-0.05, 0) is 102 Å². The molecule has 3 unspecified atom stereocenters. The number of aryl methyl sites for hydroxylation is 4. The Morgan fingerprint density at radius 3 is 1.85 bits per heavy atom. The zero-order valence-electron chi connectivity index (χ0n) is 26.4. The number of benzene rings is 2. The van der Waals surface area contributed by atoms with Crippen molar-refractivity contribution in [2.24, 2.45) is 5.92 Å². The number of alkyl carbamates (subject to hydrolysis) is 1. The summed E-state index contributed by atoms with van der Waals surface area (Å²) in [5, 5.41) is 5.86. The molecule has 0 heterocycles. The van der Waals surface area contributed by atoms with Crippen LogP contribution in [0.5, 0.6) is 0 Å². The zero-order valence-corrected chi connectivity index (χ0v) is 27.3. The third-order valence-corrected chi connectivity index (χ3v) is 7.50. The minimum absolute atomic E-state index is 0.0451. The van der Waals surface area contributed by atoms with Gasteiger partial charge in [-0.1, -0.05) is 50.2 Å². The molecule has 0 spiro atoms. The number of carbonyl (C=O) groups excluding carboxylic acids is 3. The van der Waals surface area contributed by atoms with Crippen LogP contribution >= 0.6 is 12.6 Å². The third kappa shape index (κ3) is 9.52. The molecule has 2 N–H and O–H groups in total. The molecule has 0 aliphatic carbocycles. The number of rotatable bonds is 11. The van der Waals surface area contributed by atoms with Gasteiger partial charge in [0.1, 0.15) is 17.7 Å². The normalized spacial score (nSPS) is 13.8. The van der Waals surface area contributed by atoms with E-state index in [1.54, 1.807) is 25.7 Å². The van der Waals surface area contributed by atoms with E-state index in [9.17, 15) is 14.4 Å². The van der Waals surface area contributed by atoms with E-state index >= 15 is 0 Å². The molecule has 8 heteroatoms. The summed E-state index contributed by atoms with van der Waals surface area (Å²) in [4.78, 5) is 43.2. The third-order valence-electron chi connectivity index (χ3n) is 7.13. The minimum Gasteiger partial charge on any atom is -0.444 e. The Bertz CT molecular complexity index is 1180. The minimum atomic E-state index is -0.991. The highest BCUT2D eigenvalue weighted by Gasteiger charge is 2.40. The maximum atomic E-state index is 14.4. The first-order chi connectivity index (χ1) is 19.1. The number of para-hydroxylation sites is 1. The molecule has 2 aromatic carbocycles. The van der Waals surface area contributed by atoms with Gasteiger partial charge >= 0.3 is 6.09 Å². The first kappa shape index (κ1) is 34.2. The number of hydrogen-bond donors (Lipinski definition) is 3. The summed E-state index contributed by atoms with van der Waals surface area (Å²) in [6, 6.07) is 9.48. The highest BCUT2D eigenvalue weighted by Crippen LogP contribution is 2.33. The van der Waals surface area contributed by atoms with Gasteiger partial charge in [-0.25, -0.2) is 4.79 Å². The first-order valence-electron chi connectivity index (χ1n) is 14.4. The molecule has 226 valence electrons. The van der Waals surface area contributed by atoms with Gasteiger partial charge in [0.15, 0.2) is 0 Å². The highest BCUT2D eigenvalue weighted by atomic mass is 32.1. The second kappa shape index (κ2) is 14.8. The Morgan fingerprint density at radius 1 is 0.878 bits per heavy atom. The average molecular weight is 584 g/mol. The monoisotopic (exact) mass is 583 g/mol. The first-order valence-corrected chi connectivity index (χ1v) is 15.1. The van der Waals surface area contributed by atoms with Crippen LogP contribution in [0.1, 0.15) is 88.2 Å². The van der Waals surface area contributed by atoms with Gasteiger partial charge in [0, 0.05) is 17.5 Å². The van der Waals surface area contributed by atoms with Gasteiger partial charge in [-0.2, -0.15) is 12.6 Å². The molecule has 7 nitrogen and oxygen atoms in total. The summed E-state index contributed by atoms with van der Waals surface area (Å²) in [7, 11) is 0.